The van der Waals surface area contributed by atoms with E-state index in [2.05, 4.69) is 0 Å². The Kier molecular flexibility index (Phi) is 7.76. The standard InChI is InChI=1S/C25H27ClF3NO5/c1-2-33-24(32)21(8-9-34-18-4-3-5-18)30-13-22-20(12-23(30)31)19-11-17(26)7-6-15(19)10-16(14-35-22)25(27,28)29/h6-7,11-13,16,18,21H,2-5,8-10,14H2,1H3. The predicted octanol–water partition coefficient (Wildman–Crippen LogP) is 5.35. The van der Waals surface area contributed by atoms with Crippen molar-refractivity contribution in [2.24, 2.45) is 5.92 Å². The molecule has 0 amide bonds. The van der Waals surface area contributed by atoms with Crippen molar-refractivity contribution >= 4 is 17.6 Å². The Morgan fingerprint density at radius 1 is 1.26 bits per heavy atom. The molecule has 0 radical (unpaired) electrons. The summed E-state index contributed by atoms with van der Waals surface area (Å²) in [6.45, 7) is 1.40. The quantitative estimate of drug-likeness (QED) is 0.467. The van der Waals surface area contributed by atoms with Gasteiger partial charge in [-0.25, -0.2) is 4.79 Å². The molecule has 1 fully saturated rings. The third kappa shape index (κ3) is 5.83. The number of nitrogens with zero attached hydrogens (tertiary/aromatic N) is 1. The Hall–Kier alpha value is -2.52. The lowest BCUT2D eigenvalue weighted by Gasteiger charge is -2.28. The van der Waals surface area contributed by atoms with E-state index in [9.17, 15) is 22.8 Å². The van der Waals surface area contributed by atoms with Crippen LogP contribution in [0.25, 0.3) is 11.1 Å². The summed E-state index contributed by atoms with van der Waals surface area (Å²) < 4.78 is 58.7. The topological polar surface area (TPSA) is 66.8 Å². The number of carbonyl (C=O) groups excluding carboxylic acids is 1. The first-order valence-corrected chi connectivity index (χ1v) is 12.1. The second-order valence-corrected chi connectivity index (χ2v) is 9.27. The predicted molar refractivity (Wildman–Crippen MR) is 124 cm³/mol. The molecule has 10 heteroatoms. The number of benzene rings is 1. The molecule has 0 bridgehead atoms. The number of ether oxygens (including phenoxy) is 3. The lowest BCUT2D eigenvalue weighted by Crippen LogP contribution is -2.34. The summed E-state index contributed by atoms with van der Waals surface area (Å²) in [7, 11) is 0. The van der Waals surface area contributed by atoms with E-state index in [0.717, 1.165) is 23.8 Å². The van der Waals surface area contributed by atoms with Crippen molar-refractivity contribution in [3.05, 3.63) is 51.4 Å². The molecule has 2 heterocycles. The molecule has 2 aliphatic rings. The van der Waals surface area contributed by atoms with Crippen molar-refractivity contribution in [2.45, 2.75) is 57.3 Å². The van der Waals surface area contributed by atoms with E-state index in [0.29, 0.717) is 21.7 Å². The van der Waals surface area contributed by atoms with Crippen LogP contribution in [0.15, 0.2) is 35.3 Å². The first-order chi connectivity index (χ1) is 16.7. The molecule has 190 valence electrons. The molecule has 1 saturated carbocycles. The molecule has 2 unspecified atom stereocenters. The first kappa shape index (κ1) is 25.6. The average molecular weight is 514 g/mol. The van der Waals surface area contributed by atoms with Crippen molar-refractivity contribution in [2.75, 3.05) is 19.8 Å². The van der Waals surface area contributed by atoms with Gasteiger partial charge in [-0.05, 0) is 55.9 Å². The smallest absolute Gasteiger partial charge is 0.395 e. The summed E-state index contributed by atoms with van der Waals surface area (Å²) >= 11 is 6.14. The molecule has 1 aromatic heterocycles. The van der Waals surface area contributed by atoms with Gasteiger partial charge in [-0.1, -0.05) is 17.7 Å². The molecule has 35 heavy (non-hydrogen) atoms. The summed E-state index contributed by atoms with van der Waals surface area (Å²) in [6, 6.07) is 4.86. The minimum Gasteiger partial charge on any atom is -0.491 e. The van der Waals surface area contributed by atoms with Crippen LogP contribution in [0.4, 0.5) is 13.2 Å². The zero-order valence-corrected chi connectivity index (χ0v) is 20.0. The molecule has 0 saturated heterocycles. The third-order valence-corrected chi connectivity index (χ3v) is 6.70. The van der Waals surface area contributed by atoms with Crippen molar-refractivity contribution in [3.8, 4) is 16.9 Å². The number of carbonyl (C=O) groups is 1. The van der Waals surface area contributed by atoms with Crippen molar-refractivity contribution < 1.29 is 32.2 Å². The molecule has 4 rings (SSSR count). The molecule has 1 aromatic carbocycles. The van der Waals surface area contributed by atoms with Crippen molar-refractivity contribution in [1.82, 2.24) is 4.57 Å². The second kappa shape index (κ2) is 10.6. The molecule has 2 atom stereocenters. The van der Waals surface area contributed by atoms with Crippen LogP contribution < -0.4 is 10.3 Å². The fraction of sp³-hybridized carbons (Fsp3) is 0.520. The van der Waals surface area contributed by atoms with Gasteiger partial charge < -0.3 is 14.2 Å². The summed E-state index contributed by atoms with van der Waals surface area (Å²) in [5.74, 6) is -2.29. The highest BCUT2D eigenvalue weighted by molar-refractivity contribution is 6.30. The number of hydrogen-bond donors (Lipinski definition) is 0. The Morgan fingerprint density at radius 2 is 2.03 bits per heavy atom. The van der Waals surface area contributed by atoms with Gasteiger partial charge >= 0.3 is 12.1 Å². The number of aromatic nitrogens is 1. The van der Waals surface area contributed by atoms with Crippen molar-refractivity contribution in [1.29, 1.82) is 0 Å². The van der Waals surface area contributed by atoms with E-state index >= 15 is 0 Å². The normalized spacial score (nSPS) is 18.8. The van der Waals surface area contributed by atoms with Crippen LogP contribution in [0, 0.1) is 5.92 Å². The number of alkyl halides is 3. The molecule has 0 N–H and O–H groups in total. The van der Waals surface area contributed by atoms with Gasteiger partial charge in [0.2, 0.25) is 0 Å². The van der Waals surface area contributed by atoms with E-state index in [1.165, 1.54) is 30.5 Å². The Bertz CT molecular complexity index is 1130. The lowest BCUT2D eigenvalue weighted by molar-refractivity contribution is -0.181. The monoisotopic (exact) mass is 513 g/mol. The summed E-state index contributed by atoms with van der Waals surface area (Å²) in [5.41, 5.74) is 0.631. The van der Waals surface area contributed by atoms with E-state index in [1.807, 2.05) is 0 Å². The minimum atomic E-state index is -4.48. The molecule has 1 aliphatic carbocycles. The van der Waals surface area contributed by atoms with Gasteiger partial charge in [0.25, 0.3) is 5.56 Å². The zero-order valence-electron chi connectivity index (χ0n) is 19.3. The first-order valence-electron chi connectivity index (χ1n) is 11.7. The van der Waals surface area contributed by atoms with E-state index < -0.39 is 36.3 Å². The van der Waals surface area contributed by atoms with Crippen LogP contribution in [-0.4, -0.2) is 42.6 Å². The number of pyridine rings is 1. The van der Waals surface area contributed by atoms with Gasteiger partial charge in [-0.3, -0.25) is 9.36 Å². The maximum absolute atomic E-state index is 13.7. The molecule has 1 aliphatic heterocycles. The number of hydrogen-bond acceptors (Lipinski definition) is 5. The number of halogens is 4. The third-order valence-electron chi connectivity index (χ3n) is 6.47. The van der Waals surface area contributed by atoms with Gasteiger partial charge in [0.1, 0.15) is 18.4 Å². The van der Waals surface area contributed by atoms with Crippen LogP contribution in [0.5, 0.6) is 5.75 Å². The van der Waals surface area contributed by atoms with Crippen molar-refractivity contribution in [3.63, 3.8) is 0 Å². The SMILES string of the molecule is CCOC(=O)C(CCOC1CCC1)n1cc2c(cc1=O)-c1cc(Cl)ccc1CC(C(F)(F)F)CO2. The van der Waals surface area contributed by atoms with Gasteiger partial charge in [0.15, 0.2) is 0 Å². The van der Waals surface area contributed by atoms with Gasteiger partial charge in [0.05, 0.1) is 24.8 Å². The van der Waals surface area contributed by atoms with Crippen LogP contribution in [0.1, 0.15) is 44.2 Å². The second-order valence-electron chi connectivity index (χ2n) is 8.83. The summed E-state index contributed by atoms with van der Waals surface area (Å²) in [4.78, 5) is 25.9. The van der Waals surface area contributed by atoms with E-state index in [-0.39, 0.29) is 37.9 Å². The molecule has 0 spiro atoms. The van der Waals surface area contributed by atoms with Crippen LogP contribution >= 0.6 is 11.6 Å². The van der Waals surface area contributed by atoms with Crippen LogP contribution in [0.2, 0.25) is 5.02 Å². The van der Waals surface area contributed by atoms with E-state index in [1.54, 1.807) is 6.92 Å². The summed E-state index contributed by atoms with van der Waals surface area (Å²) in [6.07, 6.45) is -0.143. The Morgan fingerprint density at radius 3 is 2.69 bits per heavy atom. The fourth-order valence-corrected chi connectivity index (χ4v) is 4.46. The highest BCUT2D eigenvalue weighted by atomic mass is 35.5. The summed E-state index contributed by atoms with van der Waals surface area (Å²) in [5, 5.41) is 0.320. The minimum absolute atomic E-state index is 0.0660. The zero-order chi connectivity index (χ0) is 25.2. The number of rotatable bonds is 7. The van der Waals surface area contributed by atoms with E-state index in [4.69, 9.17) is 25.8 Å². The average Bonchev–Trinajstić information content (AvgIpc) is 2.75. The fourth-order valence-electron chi connectivity index (χ4n) is 4.29. The Labute approximate surface area is 205 Å². The maximum atomic E-state index is 13.7. The van der Waals surface area contributed by atoms with Crippen LogP contribution in [-0.2, 0) is 20.7 Å². The van der Waals surface area contributed by atoms with Gasteiger partial charge in [-0.2, -0.15) is 13.2 Å². The highest BCUT2D eigenvalue weighted by Gasteiger charge is 2.41. The molecule has 2 aromatic rings. The molecular formula is C25H27ClF3NO5. The number of fused-ring (bicyclic) bond motifs is 3. The largest absolute Gasteiger partial charge is 0.491 e. The highest BCUT2D eigenvalue weighted by Crippen LogP contribution is 2.40. The molecular weight excluding hydrogens is 487 g/mol. The number of esters is 1. The molecule has 6 nitrogen and oxygen atoms in total. The van der Waals surface area contributed by atoms with Gasteiger partial charge in [0, 0.05) is 29.7 Å². The van der Waals surface area contributed by atoms with Gasteiger partial charge in [-0.15, -0.1) is 0 Å². The van der Waals surface area contributed by atoms with Crippen LogP contribution in [0.3, 0.4) is 0 Å². The maximum Gasteiger partial charge on any atom is 0.395 e. The Balaban J connectivity index is 1.73. The lowest BCUT2D eigenvalue weighted by atomic mass is 9.91.